The first kappa shape index (κ1) is 20.0. The van der Waals surface area contributed by atoms with Crippen molar-refractivity contribution in [3.05, 3.63) is 64.2 Å². The van der Waals surface area contributed by atoms with E-state index in [1.54, 1.807) is 24.3 Å². The van der Waals surface area contributed by atoms with Gasteiger partial charge in [0, 0.05) is 30.9 Å². The van der Waals surface area contributed by atoms with E-state index in [9.17, 15) is 23.3 Å². The smallest absolute Gasteiger partial charge is 0.269 e. The van der Waals surface area contributed by atoms with Crippen molar-refractivity contribution in [2.45, 2.75) is 24.7 Å². The van der Waals surface area contributed by atoms with E-state index in [-0.39, 0.29) is 23.0 Å². The summed E-state index contributed by atoms with van der Waals surface area (Å²) in [7, 11) is -3.65. The summed E-state index contributed by atoms with van der Waals surface area (Å²) in [6.07, 6.45) is 1.17. The molecule has 1 aliphatic rings. The molecule has 0 saturated carbocycles. The Kier molecular flexibility index (Phi) is 5.76. The van der Waals surface area contributed by atoms with Gasteiger partial charge >= 0.3 is 0 Å². The molecule has 1 heterocycles. The molecule has 1 fully saturated rings. The maximum absolute atomic E-state index is 12.9. The van der Waals surface area contributed by atoms with Gasteiger partial charge in [0.15, 0.2) is 0 Å². The molecule has 1 N–H and O–H groups in total. The molecule has 0 radical (unpaired) electrons. The highest BCUT2D eigenvalue weighted by atomic mass is 32.2. The second-order valence-electron chi connectivity index (χ2n) is 6.81. The molecule has 8 nitrogen and oxygen atoms in total. The van der Waals surface area contributed by atoms with Gasteiger partial charge in [-0.3, -0.25) is 14.9 Å². The Labute approximate surface area is 163 Å². The SMILES string of the molecule is Cc1ccc(S(=O)(=O)N2CCC[C@@H](C(=O)Nc3ccc([N+](=O)[O-])cc3)C2)cc1. The number of non-ortho nitro benzene ring substituents is 1. The summed E-state index contributed by atoms with van der Waals surface area (Å²) in [5.74, 6) is -0.776. The molecular weight excluding hydrogens is 382 g/mol. The van der Waals surface area contributed by atoms with Gasteiger partial charge < -0.3 is 5.32 Å². The van der Waals surface area contributed by atoms with Crippen molar-refractivity contribution in [1.29, 1.82) is 0 Å². The number of nitrogens with one attached hydrogen (secondary N) is 1. The molecule has 0 unspecified atom stereocenters. The van der Waals surface area contributed by atoms with Crippen LogP contribution in [-0.2, 0) is 14.8 Å². The molecule has 3 rings (SSSR count). The van der Waals surface area contributed by atoms with Crippen LogP contribution >= 0.6 is 0 Å². The van der Waals surface area contributed by atoms with Crippen LogP contribution in [-0.4, -0.2) is 36.6 Å². The third-order valence-electron chi connectivity index (χ3n) is 4.76. The fourth-order valence-electron chi connectivity index (χ4n) is 3.14. The zero-order valence-corrected chi connectivity index (χ0v) is 16.2. The van der Waals surface area contributed by atoms with Gasteiger partial charge in [0.05, 0.1) is 15.7 Å². The van der Waals surface area contributed by atoms with Gasteiger partial charge in [0.25, 0.3) is 5.69 Å². The van der Waals surface area contributed by atoms with Crippen LogP contribution in [0, 0.1) is 23.0 Å². The van der Waals surface area contributed by atoms with Crippen LogP contribution in [0.4, 0.5) is 11.4 Å². The maximum Gasteiger partial charge on any atom is 0.269 e. The fourth-order valence-corrected chi connectivity index (χ4v) is 4.67. The van der Waals surface area contributed by atoms with Crippen LogP contribution in [0.5, 0.6) is 0 Å². The molecule has 0 spiro atoms. The number of rotatable bonds is 5. The number of nitro benzene ring substituents is 1. The highest BCUT2D eigenvalue weighted by molar-refractivity contribution is 7.89. The van der Waals surface area contributed by atoms with Gasteiger partial charge in [-0.25, -0.2) is 8.42 Å². The molecule has 2 aromatic carbocycles. The Bertz CT molecular complexity index is 972. The number of carbonyl (C=O) groups is 1. The predicted octanol–water partition coefficient (Wildman–Crippen LogP) is 2.94. The molecular formula is C19H21N3O5S. The lowest BCUT2D eigenvalue weighted by Gasteiger charge is -2.31. The molecule has 9 heteroatoms. The van der Waals surface area contributed by atoms with Crippen molar-refractivity contribution < 1.29 is 18.1 Å². The topological polar surface area (TPSA) is 110 Å². The van der Waals surface area contributed by atoms with Gasteiger partial charge in [-0.2, -0.15) is 4.31 Å². The van der Waals surface area contributed by atoms with Crippen molar-refractivity contribution >= 4 is 27.3 Å². The zero-order valence-electron chi connectivity index (χ0n) is 15.4. The minimum absolute atomic E-state index is 0.0639. The average Bonchev–Trinajstić information content (AvgIpc) is 2.69. The summed E-state index contributed by atoms with van der Waals surface area (Å²) in [4.78, 5) is 23.0. The van der Waals surface area contributed by atoms with Crippen molar-refractivity contribution in [2.75, 3.05) is 18.4 Å². The van der Waals surface area contributed by atoms with Crippen LogP contribution in [0.15, 0.2) is 53.4 Å². The van der Waals surface area contributed by atoms with E-state index < -0.39 is 20.9 Å². The van der Waals surface area contributed by atoms with Crippen LogP contribution in [0.1, 0.15) is 18.4 Å². The Balaban J connectivity index is 1.69. The van der Waals surface area contributed by atoms with Crippen molar-refractivity contribution in [3.8, 4) is 0 Å². The van der Waals surface area contributed by atoms with E-state index in [1.807, 2.05) is 6.92 Å². The van der Waals surface area contributed by atoms with Crippen LogP contribution in [0.25, 0.3) is 0 Å². The largest absolute Gasteiger partial charge is 0.326 e. The molecule has 0 aromatic heterocycles. The zero-order chi connectivity index (χ0) is 20.3. The minimum atomic E-state index is -3.65. The first-order chi connectivity index (χ1) is 13.3. The number of nitro groups is 1. The summed E-state index contributed by atoms with van der Waals surface area (Å²) in [5.41, 5.74) is 1.35. The van der Waals surface area contributed by atoms with Gasteiger partial charge in [0.2, 0.25) is 15.9 Å². The highest BCUT2D eigenvalue weighted by Crippen LogP contribution is 2.25. The second-order valence-corrected chi connectivity index (χ2v) is 8.75. The molecule has 2 aromatic rings. The summed E-state index contributed by atoms with van der Waals surface area (Å²) >= 11 is 0. The molecule has 1 aliphatic heterocycles. The Hall–Kier alpha value is -2.78. The number of anilines is 1. The van der Waals surface area contributed by atoms with Crippen LogP contribution in [0.3, 0.4) is 0 Å². The van der Waals surface area contributed by atoms with E-state index >= 15 is 0 Å². The molecule has 28 heavy (non-hydrogen) atoms. The van der Waals surface area contributed by atoms with Crippen molar-refractivity contribution in [3.63, 3.8) is 0 Å². The van der Waals surface area contributed by atoms with E-state index in [2.05, 4.69) is 5.32 Å². The summed E-state index contributed by atoms with van der Waals surface area (Å²) in [6, 6.07) is 12.2. The third-order valence-corrected chi connectivity index (χ3v) is 6.64. The molecule has 0 bridgehead atoms. The molecule has 148 valence electrons. The van der Waals surface area contributed by atoms with Crippen molar-refractivity contribution in [1.82, 2.24) is 4.31 Å². The lowest BCUT2D eigenvalue weighted by atomic mass is 9.98. The number of hydrogen-bond acceptors (Lipinski definition) is 5. The monoisotopic (exact) mass is 403 g/mol. The minimum Gasteiger partial charge on any atom is -0.326 e. The Morgan fingerprint density at radius 3 is 2.39 bits per heavy atom. The van der Waals surface area contributed by atoms with E-state index in [0.29, 0.717) is 25.1 Å². The number of hydrogen-bond donors (Lipinski definition) is 1. The number of aryl methyl sites for hydroxylation is 1. The van der Waals surface area contributed by atoms with Crippen LogP contribution in [0.2, 0.25) is 0 Å². The molecule has 1 amide bonds. The Morgan fingerprint density at radius 1 is 1.14 bits per heavy atom. The summed E-state index contributed by atoms with van der Waals surface area (Å²) < 4.78 is 27.1. The molecule has 0 aliphatic carbocycles. The number of piperidine rings is 1. The Morgan fingerprint density at radius 2 is 1.79 bits per heavy atom. The third kappa shape index (κ3) is 4.37. The molecule has 1 atom stereocenters. The number of amides is 1. The van der Waals surface area contributed by atoms with E-state index in [1.165, 1.54) is 28.6 Å². The fraction of sp³-hybridized carbons (Fsp3) is 0.316. The van der Waals surface area contributed by atoms with Crippen LogP contribution < -0.4 is 5.32 Å². The number of benzene rings is 2. The van der Waals surface area contributed by atoms with Gasteiger partial charge in [-0.1, -0.05) is 17.7 Å². The lowest BCUT2D eigenvalue weighted by molar-refractivity contribution is -0.384. The second kappa shape index (κ2) is 8.07. The van der Waals surface area contributed by atoms with E-state index in [4.69, 9.17) is 0 Å². The average molecular weight is 403 g/mol. The standard InChI is InChI=1S/C19H21N3O5S/c1-14-4-10-18(11-5-14)28(26,27)21-12-2-3-15(13-21)19(23)20-16-6-8-17(9-7-16)22(24)25/h4-11,15H,2-3,12-13H2,1H3,(H,20,23)/t15-/m1/s1. The number of sulfonamides is 1. The number of carbonyl (C=O) groups excluding carboxylic acids is 1. The summed E-state index contributed by atoms with van der Waals surface area (Å²) in [5, 5.41) is 13.4. The summed E-state index contributed by atoms with van der Waals surface area (Å²) in [6.45, 7) is 2.36. The normalized spacial score (nSPS) is 17.8. The first-order valence-electron chi connectivity index (χ1n) is 8.89. The number of nitrogens with zero attached hydrogens (tertiary/aromatic N) is 2. The van der Waals surface area contributed by atoms with Gasteiger partial charge in [-0.05, 0) is 44.0 Å². The van der Waals surface area contributed by atoms with E-state index in [0.717, 1.165) is 5.56 Å². The first-order valence-corrected chi connectivity index (χ1v) is 10.3. The predicted molar refractivity (Wildman–Crippen MR) is 104 cm³/mol. The highest BCUT2D eigenvalue weighted by Gasteiger charge is 2.33. The molecule has 1 saturated heterocycles. The van der Waals surface area contributed by atoms with Gasteiger partial charge in [0.1, 0.15) is 0 Å². The maximum atomic E-state index is 12.9. The quantitative estimate of drug-likeness (QED) is 0.610. The lowest BCUT2D eigenvalue weighted by Crippen LogP contribution is -2.43. The van der Waals surface area contributed by atoms with Gasteiger partial charge in [-0.15, -0.1) is 0 Å². The van der Waals surface area contributed by atoms with Crippen molar-refractivity contribution in [2.24, 2.45) is 5.92 Å².